The number of nitro benzene ring substituents is 1. The highest BCUT2D eigenvalue weighted by Crippen LogP contribution is 2.25. The van der Waals surface area contributed by atoms with E-state index in [1.807, 2.05) is 0 Å². The zero-order valence-corrected chi connectivity index (χ0v) is 13.4. The molecule has 0 saturated carbocycles. The van der Waals surface area contributed by atoms with E-state index in [2.05, 4.69) is 0 Å². The first-order valence-electron chi connectivity index (χ1n) is 6.85. The predicted molar refractivity (Wildman–Crippen MR) is 83.4 cm³/mol. The van der Waals surface area contributed by atoms with Gasteiger partial charge in [0.25, 0.3) is 5.69 Å². The molecule has 0 fully saturated rings. The van der Waals surface area contributed by atoms with Gasteiger partial charge in [-0.25, -0.2) is 8.42 Å². The number of carbonyl (C=O) groups excluding carboxylic acids is 1. The van der Waals surface area contributed by atoms with Crippen LogP contribution in [-0.2, 0) is 9.84 Å². The van der Waals surface area contributed by atoms with Crippen molar-refractivity contribution < 1.29 is 23.2 Å². The van der Waals surface area contributed by atoms with Gasteiger partial charge in [-0.2, -0.15) is 0 Å². The lowest BCUT2D eigenvalue weighted by Gasteiger charge is -2.23. The lowest BCUT2D eigenvalue weighted by atomic mass is 10.3. The van der Waals surface area contributed by atoms with Crippen LogP contribution in [-0.4, -0.2) is 26.0 Å². The van der Waals surface area contributed by atoms with E-state index in [9.17, 15) is 28.4 Å². The summed E-state index contributed by atoms with van der Waals surface area (Å²) in [6.07, 6.45) is -1.39. The van der Waals surface area contributed by atoms with Gasteiger partial charge in [0.15, 0.2) is 0 Å². The number of sulfone groups is 1. The van der Waals surface area contributed by atoms with Crippen LogP contribution in [0, 0.1) is 10.1 Å². The van der Waals surface area contributed by atoms with E-state index < -0.39 is 20.9 Å². The number of anilines is 1. The fourth-order valence-corrected chi connectivity index (χ4v) is 3.37. The second-order valence-electron chi connectivity index (χ2n) is 4.76. The van der Waals surface area contributed by atoms with Crippen molar-refractivity contribution in [1.29, 1.82) is 0 Å². The molecule has 2 rings (SSSR count). The number of benzene rings is 2. The molecule has 0 spiro atoms. The second-order valence-corrected chi connectivity index (χ2v) is 6.71. The molecule has 1 amide bonds. The Morgan fingerprint density at radius 2 is 1.50 bits per heavy atom. The Hall–Kier alpha value is -2.94. The Morgan fingerprint density at radius 3 is 1.88 bits per heavy atom. The Morgan fingerprint density at radius 1 is 1.04 bits per heavy atom. The lowest BCUT2D eigenvalue weighted by Crippen LogP contribution is -2.41. The molecule has 126 valence electrons. The summed E-state index contributed by atoms with van der Waals surface area (Å²) in [5, 5.41) is 21.6. The van der Waals surface area contributed by atoms with Crippen LogP contribution in [0.15, 0.2) is 58.3 Å². The van der Waals surface area contributed by atoms with E-state index >= 15 is 0 Å². The Kier molecular flexibility index (Phi) is 4.84. The Bertz CT molecular complexity index is 860. The van der Waals surface area contributed by atoms with Gasteiger partial charge in [-0.05, 0) is 43.3 Å². The van der Waals surface area contributed by atoms with Gasteiger partial charge in [0.1, 0.15) is 6.09 Å². The number of hydrogen-bond donors (Lipinski definition) is 0. The van der Waals surface area contributed by atoms with Crippen molar-refractivity contribution >= 4 is 27.3 Å². The Balaban J connectivity index is 2.36. The van der Waals surface area contributed by atoms with Crippen LogP contribution in [0.1, 0.15) is 6.92 Å². The largest absolute Gasteiger partial charge is 0.530 e. The van der Waals surface area contributed by atoms with Crippen molar-refractivity contribution in [2.45, 2.75) is 16.7 Å². The highest BCUT2D eigenvalue weighted by Gasteiger charge is 2.19. The molecular formula is C15H13N2O6S-. The molecule has 24 heavy (non-hydrogen) atoms. The zero-order chi connectivity index (χ0) is 17.9. The van der Waals surface area contributed by atoms with Gasteiger partial charge in [-0.3, -0.25) is 10.1 Å². The second kappa shape index (κ2) is 6.67. The van der Waals surface area contributed by atoms with Gasteiger partial charge in [0, 0.05) is 24.4 Å². The van der Waals surface area contributed by atoms with E-state index in [-0.39, 0.29) is 22.0 Å². The molecule has 0 heterocycles. The predicted octanol–water partition coefficient (Wildman–Crippen LogP) is 1.60. The van der Waals surface area contributed by atoms with Crippen molar-refractivity contribution in [3.8, 4) is 0 Å². The number of carbonyl (C=O) groups is 1. The average Bonchev–Trinajstić information content (AvgIpc) is 2.55. The van der Waals surface area contributed by atoms with E-state index in [1.54, 1.807) is 6.92 Å². The minimum absolute atomic E-state index is 0.0468. The normalized spacial score (nSPS) is 11.0. The molecule has 0 saturated heterocycles. The molecule has 0 aliphatic rings. The van der Waals surface area contributed by atoms with Crippen LogP contribution in [0.4, 0.5) is 16.2 Å². The smallest absolute Gasteiger partial charge is 0.269 e. The molecule has 2 aromatic rings. The number of nitrogens with zero attached hydrogens (tertiary/aromatic N) is 2. The molecule has 0 unspecified atom stereocenters. The Labute approximate surface area is 138 Å². The molecule has 9 heteroatoms. The molecule has 0 atom stereocenters. The minimum atomic E-state index is -3.86. The molecule has 0 aliphatic carbocycles. The van der Waals surface area contributed by atoms with Crippen molar-refractivity contribution in [2.24, 2.45) is 0 Å². The van der Waals surface area contributed by atoms with Crippen molar-refractivity contribution in [3.63, 3.8) is 0 Å². The summed E-state index contributed by atoms with van der Waals surface area (Å²) in [6.45, 7) is 1.79. The first kappa shape index (κ1) is 17.4. The number of non-ortho nitro benzene ring substituents is 1. The number of rotatable bonds is 5. The maximum atomic E-state index is 12.5. The van der Waals surface area contributed by atoms with Gasteiger partial charge in [-0.1, -0.05) is 0 Å². The molecule has 0 radical (unpaired) electrons. The standard InChI is InChI=1S/C15H14N2O6S/c1-2-16(15(18)19)11-3-7-13(8-4-11)24(22,23)14-9-5-12(6-10-14)17(20)21/h3-10H,2H2,1H3,(H,18,19)/p-1. The maximum absolute atomic E-state index is 12.5. The third-order valence-corrected chi connectivity index (χ3v) is 5.14. The van der Waals surface area contributed by atoms with E-state index in [1.165, 1.54) is 24.3 Å². The van der Waals surface area contributed by atoms with Crippen LogP contribution in [0.25, 0.3) is 0 Å². The van der Waals surface area contributed by atoms with Crippen LogP contribution in [0.3, 0.4) is 0 Å². The monoisotopic (exact) mass is 349 g/mol. The highest BCUT2D eigenvalue weighted by molar-refractivity contribution is 7.91. The minimum Gasteiger partial charge on any atom is -0.530 e. The molecule has 0 aliphatic heterocycles. The van der Waals surface area contributed by atoms with Crippen LogP contribution in [0.5, 0.6) is 0 Å². The molecular weight excluding hydrogens is 336 g/mol. The third-order valence-electron chi connectivity index (χ3n) is 3.35. The SMILES string of the molecule is CCN(C(=O)[O-])c1ccc(S(=O)(=O)c2ccc([N+](=O)[O-])cc2)cc1. The zero-order valence-electron chi connectivity index (χ0n) is 12.6. The quantitative estimate of drug-likeness (QED) is 0.597. The number of nitro groups is 1. The van der Waals surface area contributed by atoms with Gasteiger partial charge in [-0.15, -0.1) is 0 Å². The van der Waals surface area contributed by atoms with E-state index in [0.29, 0.717) is 5.69 Å². The topological polar surface area (TPSA) is 121 Å². The van der Waals surface area contributed by atoms with Crippen LogP contribution >= 0.6 is 0 Å². The first-order valence-corrected chi connectivity index (χ1v) is 8.34. The number of hydrogen-bond acceptors (Lipinski definition) is 6. The van der Waals surface area contributed by atoms with Crippen LogP contribution in [0.2, 0.25) is 0 Å². The van der Waals surface area contributed by atoms with Crippen molar-refractivity contribution in [3.05, 3.63) is 58.6 Å². The van der Waals surface area contributed by atoms with Gasteiger partial charge in [0.2, 0.25) is 9.84 Å². The highest BCUT2D eigenvalue weighted by atomic mass is 32.2. The van der Waals surface area contributed by atoms with Crippen LogP contribution < -0.4 is 10.0 Å². The molecule has 0 N–H and O–H groups in total. The average molecular weight is 349 g/mol. The first-order chi connectivity index (χ1) is 11.3. The summed E-state index contributed by atoms with van der Waals surface area (Å²) in [4.78, 5) is 21.8. The molecule has 8 nitrogen and oxygen atoms in total. The van der Waals surface area contributed by atoms with E-state index in [4.69, 9.17) is 0 Å². The summed E-state index contributed by atoms with van der Waals surface area (Å²) < 4.78 is 25.0. The summed E-state index contributed by atoms with van der Waals surface area (Å²) >= 11 is 0. The summed E-state index contributed by atoms with van der Waals surface area (Å²) in [5.41, 5.74) is 0.0805. The number of amides is 1. The molecule has 0 bridgehead atoms. The van der Waals surface area contributed by atoms with Crippen molar-refractivity contribution in [1.82, 2.24) is 0 Å². The summed E-state index contributed by atoms with van der Waals surface area (Å²) in [5.74, 6) is 0. The maximum Gasteiger partial charge on any atom is 0.269 e. The molecule has 0 aromatic heterocycles. The summed E-state index contributed by atoms with van der Waals surface area (Å²) in [7, 11) is -3.86. The third kappa shape index (κ3) is 3.35. The fourth-order valence-electron chi connectivity index (χ4n) is 2.11. The lowest BCUT2D eigenvalue weighted by molar-refractivity contribution is -0.384. The van der Waals surface area contributed by atoms with Gasteiger partial charge < -0.3 is 14.8 Å². The van der Waals surface area contributed by atoms with Crippen molar-refractivity contribution in [2.75, 3.05) is 11.4 Å². The fraction of sp³-hybridized carbons (Fsp3) is 0.133. The summed E-state index contributed by atoms with van der Waals surface area (Å²) in [6, 6.07) is 9.79. The van der Waals surface area contributed by atoms with E-state index in [0.717, 1.165) is 29.2 Å². The number of carboxylic acid groups (broad SMARTS) is 1. The van der Waals surface area contributed by atoms with Gasteiger partial charge in [0.05, 0.1) is 14.7 Å². The molecule has 2 aromatic carbocycles. The van der Waals surface area contributed by atoms with Gasteiger partial charge >= 0.3 is 0 Å².